The summed E-state index contributed by atoms with van der Waals surface area (Å²) < 4.78 is 43.8. The molecule has 0 fully saturated rings. The molecule has 5 aliphatic rings. The van der Waals surface area contributed by atoms with E-state index in [4.69, 9.17) is 37.8 Å². The van der Waals surface area contributed by atoms with E-state index in [-0.39, 0.29) is 110 Å². The van der Waals surface area contributed by atoms with Gasteiger partial charge in [0.1, 0.15) is 58.7 Å². The van der Waals surface area contributed by atoms with Crippen LogP contribution in [0.2, 0.25) is 0 Å². The third kappa shape index (κ3) is 8.18. The van der Waals surface area contributed by atoms with E-state index in [2.05, 4.69) is 24.5 Å². The molecule has 0 radical (unpaired) electrons. The summed E-state index contributed by atoms with van der Waals surface area (Å²) in [4.78, 5) is 73.4. The first-order valence-corrected chi connectivity index (χ1v) is 20.5. The van der Waals surface area contributed by atoms with Crippen LogP contribution in [0.5, 0.6) is 23.0 Å². The second kappa shape index (κ2) is 17.2. The number of amides is 2. The number of carbonyl (C=O) groups excluding carboxylic acids is 4. The maximum atomic E-state index is 15.4. The molecule has 3 N–H and O–H groups in total. The third-order valence-electron chi connectivity index (χ3n) is 11.5. The summed E-state index contributed by atoms with van der Waals surface area (Å²) in [5, 5.41) is 16.6. The molecule has 4 aliphatic heterocycles. The molecule has 2 aromatic carbocycles. The van der Waals surface area contributed by atoms with Crippen molar-refractivity contribution in [3.05, 3.63) is 69.6 Å². The normalized spacial score (nSPS) is 27.0. The highest BCUT2D eigenvalue weighted by Gasteiger charge is 2.51. The number of benzene rings is 3. The Hall–Kier alpha value is -6.42. The number of nitrogens with one attached hydrogen (secondary N) is 2. The summed E-state index contributed by atoms with van der Waals surface area (Å²) in [7, 11) is 1.50. The number of ketones is 1. The first kappa shape index (κ1) is 43.7. The Balaban J connectivity index is 1.60. The van der Waals surface area contributed by atoms with Gasteiger partial charge < -0.3 is 48.6 Å². The molecule has 16 nitrogen and oxygen atoms in total. The van der Waals surface area contributed by atoms with Crippen LogP contribution in [0.4, 0.5) is 5.69 Å². The predicted molar refractivity (Wildman–Crippen MR) is 228 cm³/mol. The SMILES string of the molecule is CO[C@H]1/C=C/O[C@@]2(C)Oc3c(C)c4c5c(=O)c(c6oc7cc(OCCNC(C)=O)cc(O)c7nc-6c5c3C2=O)NC(=O)/C(C)=C\C=C\C(C)C[C@@H](C)CC(O4)C(OC(C)=O)[C@@H]1C. The van der Waals surface area contributed by atoms with Gasteiger partial charge in [-0.25, -0.2) is 4.98 Å². The van der Waals surface area contributed by atoms with E-state index in [1.807, 2.05) is 13.0 Å². The highest BCUT2D eigenvalue weighted by molar-refractivity contribution is 6.22. The molecule has 0 spiro atoms. The summed E-state index contributed by atoms with van der Waals surface area (Å²) in [5.74, 6) is -5.02. The fraction of sp³-hybridized carbons (Fsp3) is 0.435. The molecule has 4 heterocycles. The van der Waals surface area contributed by atoms with Crippen LogP contribution in [0.25, 0.3) is 33.3 Å². The Labute approximate surface area is 357 Å². The average Bonchev–Trinajstić information content (AvgIpc) is 3.47. The predicted octanol–water partition coefficient (Wildman–Crippen LogP) is 6.65. The number of nitrogens with zero attached hydrogens (tertiary/aromatic N) is 1. The van der Waals surface area contributed by atoms with Gasteiger partial charge in [0.2, 0.25) is 11.3 Å². The van der Waals surface area contributed by atoms with Crippen LogP contribution in [-0.2, 0) is 28.6 Å². The summed E-state index contributed by atoms with van der Waals surface area (Å²) >= 11 is 0. The summed E-state index contributed by atoms with van der Waals surface area (Å²) in [6.07, 6.45) is 6.76. The molecule has 0 saturated carbocycles. The van der Waals surface area contributed by atoms with Gasteiger partial charge in [0.25, 0.3) is 11.7 Å². The number of aromatic nitrogens is 1. The van der Waals surface area contributed by atoms with Crippen LogP contribution in [0, 0.1) is 24.7 Å². The molecule has 328 valence electrons. The average molecular weight is 854 g/mol. The number of hydrogen-bond donors (Lipinski definition) is 3. The van der Waals surface area contributed by atoms with E-state index in [0.29, 0.717) is 12.8 Å². The van der Waals surface area contributed by atoms with E-state index < -0.39 is 53.1 Å². The fourth-order valence-electron chi connectivity index (χ4n) is 8.46. The minimum absolute atomic E-state index is 0.0118. The van der Waals surface area contributed by atoms with Gasteiger partial charge in [-0.2, -0.15) is 0 Å². The van der Waals surface area contributed by atoms with Crippen molar-refractivity contribution in [2.75, 3.05) is 25.6 Å². The highest BCUT2D eigenvalue weighted by Crippen LogP contribution is 2.52. The Morgan fingerprint density at radius 3 is 2.52 bits per heavy atom. The lowest BCUT2D eigenvalue weighted by Crippen LogP contribution is -2.45. The van der Waals surface area contributed by atoms with E-state index in [9.17, 15) is 24.3 Å². The Kier molecular flexibility index (Phi) is 12.1. The van der Waals surface area contributed by atoms with Gasteiger partial charge in [0.05, 0.1) is 29.9 Å². The van der Waals surface area contributed by atoms with Crippen molar-refractivity contribution < 1.29 is 57.1 Å². The number of esters is 1. The van der Waals surface area contributed by atoms with Gasteiger partial charge in [-0.1, -0.05) is 39.0 Å². The van der Waals surface area contributed by atoms with Crippen molar-refractivity contribution in [3.8, 4) is 34.5 Å². The van der Waals surface area contributed by atoms with Crippen molar-refractivity contribution in [3.63, 3.8) is 0 Å². The van der Waals surface area contributed by atoms with Crippen LogP contribution in [-0.4, -0.2) is 78.0 Å². The topological polar surface area (TPSA) is 211 Å². The van der Waals surface area contributed by atoms with Crippen molar-refractivity contribution in [1.82, 2.24) is 10.3 Å². The van der Waals surface area contributed by atoms with Crippen LogP contribution in [0.15, 0.2) is 57.5 Å². The lowest BCUT2D eigenvalue weighted by Gasteiger charge is -2.36. The molecule has 62 heavy (non-hydrogen) atoms. The quantitative estimate of drug-likeness (QED) is 0.0803. The number of rotatable bonds is 6. The number of Topliss-reactive ketones (excluding diaryl/α,β-unsaturated/α-hetero) is 1. The van der Waals surface area contributed by atoms with E-state index >= 15 is 4.79 Å². The Morgan fingerprint density at radius 2 is 1.81 bits per heavy atom. The van der Waals surface area contributed by atoms with Crippen LogP contribution in [0.3, 0.4) is 0 Å². The van der Waals surface area contributed by atoms with E-state index in [0.717, 1.165) is 0 Å². The zero-order valence-electron chi connectivity index (χ0n) is 36.1. The standard InChI is InChI=1S/C46H51N3O13/c1-21-11-10-12-23(3)45(55)49-38-39(53)34-33(37-43(38)60-31-20-28(19-29(52)36(31)48-37)57-16-14-47-26(6)50)35-42-25(5)41(34)61-32(18-22(2)17-21)40(59-27(7)51)24(4)30(56-9)13-15-58-46(8,62-42)44(35)54/h10-13,15,19-22,24,30,32,40,52H,14,16-18H2,1-9H3,(H,47,50)(H,49,55)/b11-10+,15-13+,23-12-/t21?,22-,24-,30+,32?,40?,46+/m1/s1. The highest BCUT2D eigenvalue weighted by atomic mass is 16.7. The van der Waals surface area contributed by atoms with Gasteiger partial charge >= 0.3 is 11.8 Å². The second-order valence-corrected chi connectivity index (χ2v) is 16.5. The lowest BCUT2D eigenvalue weighted by molar-refractivity contribution is -0.159. The molecule has 16 heteroatoms. The monoisotopic (exact) mass is 853 g/mol. The molecule has 7 rings (SSSR count). The number of ether oxygens (including phenoxy) is 6. The molecule has 0 saturated heterocycles. The molecule has 2 amide bonds. The minimum atomic E-state index is -1.96. The first-order valence-electron chi connectivity index (χ1n) is 20.5. The first-order chi connectivity index (χ1) is 29.4. The largest absolute Gasteiger partial charge is 0.505 e. The summed E-state index contributed by atoms with van der Waals surface area (Å²) in [6.45, 7) is 13.5. The van der Waals surface area contributed by atoms with E-state index in [1.54, 1.807) is 32.1 Å². The van der Waals surface area contributed by atoms with Crippen molar-refractivity contribution in [2.24, 2.45) is 17.8 Å². The van der Waals surface area contributed by atoms with Gasteiger partial charge in [-0.05, 0) is 44.6 Å². The van der Waals surface area contributed by atoms with Crippen molar-refractivity contribution in [2.45, 2.75) is 92.3 Å². The number of anilines is 1. The molecule has 0 aromatic heterocycles. The number of aromatic hydroxyl groups is 1. The minimum Gasteiger partial charge on any atom is -0.505 e. The number of hydrogen-bond acceptors (Lipinski definition) is 14. The molecule has 3 unspecified atom stereocenters. The number of phenols is 1. The maximum absolute atomic E-state index is 15.4. The maximum Gasteiger partial charge on any atom is 0.312 e. The van der Waals surface area contributed by atoms with E-state index in [1.165, 1.54) is 46.3 Å². The number of phenolic OH excluding ortho intramolecular Hbond substituents is 1. The van der Waals surface area contributed by atoms with Crippen LogP contribution >= 0.6 is 0 Å². The van der Waals surface area contributed by atoms with Crippen LogP contribution in [0.1, 0.15) is 77.2 Å². The molecule has 7 atom stereocenters. The third-order valence-corrected chi connectivity index (χ3v) is 11.5. The fourth-order valence-corrected chi connectivity index (χ4v) is 8.46. The van der Waals surface area contributed by atoms with Crippen molar-refractivity contribution in [1.29, 1.82) is 0 Å². The smallest absolute Gasteiger partial charge is 0.312 e. The van der Waals surface area contributed by atoms with Gasteiger partial charge in [-0.3, -0.25) is 24.0 Å². The number of allylic oxidation sites excluding steroid dienone is 3. The number of carbonyl (C=O) groups is 4. The van der Waals surface area contributed by atoms with Crippen molar-refractivity contribution >= 4 is 51.1 Å². The molecular formula is C46H51N3O13. The number of methoxy groups -OCH3 is 1. The Morgan fingerprint density at radius 1 is 1.05 bits per heavy atom. The zero-order chi connectivity index (χ0) is 44.8. The van der Waals surface area contributed by atoms with Crippen LogP contribution < -0.4 is 30.3 Å². The second-order valence-electron chi connectivity index (χ2n) is 16.5. The molecule has 6 bridgehead atoms. The van der Waals surface area contributed by atoms with Gasteiger partial charge in [-0.15, -0.1) is 0 Å². The van der Waals surface area contributed by atoms with Gasteiger partial charge in [0, 0.05) is 62.5 Å². The molecule has 1 aliphatic carbocycles. The summed E-state index contributed by atoms with van der Waals surface area (Å²) in [5.41, 5.74) is -0.834. The number of fused-ring (bicyclic) bond motifs is 8. The zero-order valence-corrected chi connectivity index (χ0v) is 36.1. The summed E-state index contributed by atoms with van der Waals surface area (Å²) in [6, 6.07) is 2.75. The molecular weight excluding hydrogens is 803 g/mol. The van der Waals surface area contributed by atoms with Gasteiger partial charge in [0.15, 0.2) is 11.3 Å². The molecule has 2 aromatic rings. The Bertz CT molecular complexity index is 2610. The lowest BCUT2D eigenvalue weighted by atomic mass is 9.85.